The Bertz CT molecular complexity index is 823. The molecule has 2 N–H and O–H groups in total. The number of aryl methyl sites for hydroxylation is 1. The Hall–Kier alpha value is -2.60. The van der Waals surface area contributed by atoms with E-state index in [1.54, 1.807) is 55.5 Å². The maximum Gasteiger partial charge on any atom is 0.261 e. The zero-order valence-electron chi connectivity index (χ0n) is 13.0. The fourth-order valence-electron chi connectivity index (χ4n) is 1.79. The van der Waals surface area contributed by atoms with Crippen molar-refractivity contribution in [3.63, 3.8) is 0 Å². The van der Waals surface area contributed by atoms with Gasteiger partial charge in [-0.3, -0.25) is 9.52 Å². The quantitative estimate of drug-likeness (QED) is 0.826. The van der Waals surface area contributed by atoms with Gasteiger partial charge in [-0.2, -0.15) is 0 Å². The lowest BCUT2D eigenvalue weighted by molar-refractivity contribution is -0.112. The molecule has 0 fully saturated rings. The Labute approximate surface area is 136 Å². The summed E-state index contributed by atoms with van der Waals surface area (Å²) in [6.45, 7) is 7.05. The standard InChI is InChI=1S/C17H18N2O3S/c1-12(2)17(20)18-14-6-8-15(9-7-14)19-23(21,22)16-10-4-13(3)5-11-16/h4-11,19H,1H2,2-3H3,(H,18,20). The van der Waals surface area contributed by atoms with E-state index in [0.29, 0.717) is 16.9 Å². The van der Waals surface area contributed by atoms with E-state index in [9.17, 15) is 13.2 Å². The highest BCUT2D eigenvalue weighted by atomic mass is 32.2. The number of anilines is 2. The van der Waals surface area contributed by atoms with Crippen molar-refractivity contribution in [1.29, 1.82) is 0 Å². The summed E-state index contributed by atoms with van der Waals surface area (Å²) in [7, 11) is -3.63. The molecule has 2 rings (SSSR count). The van der Waals surface area contributed by atoms with Crippen LogP contribution in [0.5, 0.6) is 0 Å². The zero-order valence-corrected chi connectivity index (χ0v) is 13.8. The normalized spacial score (nSPS) is 10.9. The summed E-state index contributed by atoms with van der Waals surface area (Å²) < 4.78 is 27.0. The van der Waals surface area contributed by atoms with Crippen LogP contribution in [-0.2, 0) is 14.8 Å². The summed E-state index contributed by atoms with van der Waals surface area (Å²) in [5, 5.41) is 2.65. The molecule has 0 aromatic heterocycles. The van der Waals surface area contributed by atoms with Gasteiger partial charge >= 0.3 is 0 Å². The van der Waals surface area contributed by atoms with Gasteiger partial charge in [0.15, 0.2) is 0 Å². The van der Waals surface area contributed by atoms with Crippen molar-refractivity contribution in [3.8, 4) is 0 Å². The van der Waals surface area contributed by atoms with Crippen molar-refractivity contribution in [3.05, 3.63) is 66.2 Å². The monoisotopic (exact) mass is 330 g/mol. The Morgan fingerprint density at radius 2 is 1.48 bits per heavy atom. The van der Waals surface area contributed by atoms with E-state index in [4.69, 9.17) is 0 Å². The van der Waals surface area contributed by atoms with Crippen LogP contribution < -0.4 is 10.0 Å². The van der Waals surface area contributed by atoms with Gasteiger partial charge in [-0.25, -0.2) is 8.42 Å². The largest absolute Gasteiger partial charge is 0.322 e. The van der Waals surface area contributed by atoms with Crippen LogP contribution in [0.4, 0.5) is 11.4 Å². The first-order valence-corrected chi connectivity index (χ1v) is 8.43. The third-order valence-electron chi connectivity index (χ3n) is 3.11. The minimum Gasteiger partial charge on any atom is -0.322 e. The van der Waals surface area contributed by atoms with E-state index in [0.717, 1.165) is 5.56 Å². The minimum atomic E-state index is -3.63. The summed E-state index contributed by atoms with van der Waals surface area (Å²) in [5.74, 6) is -0.280. The van der Waals surface area contributed by atoms with Crippen LogP contribution in [-0.4, -0.2) is 14.3 Å². The second-order valence-corrected chi connectivity index (χ2v) is 6.91. The van der Waals surface area contributed by atoms with E-state index >= 15 is 0 Å². The molecule has 0 spiro atoms. The summed E-state index contributed by atoms with van der Waals surface area (Å²) in [6.07, 6.45) is 0. The van der Waals surface area contributed by atoms with E-state index in [1.165, 1.54) is 0 Å². The first kappa shape index (κ1) is 16.8. The summed E-state index contributed by atoms with van der Waals surface area (Å²) in [6, 6.07) is 13.0. The number of carbonyl (C=O) groups excluding carboxylic acids is 1. The average Bonchev–Trinajstić information content (AvgIpc) is 2.49. The van der Waals surface area contributed by atoms with Crippen LogP contribution in [0.2, 0.25) is 0 Å². The van der Waals surface area contributed by atoms with Gasteiger partial charge in [0, 0.05) is 16.9 Å². The zero-order chi connectivity index (χ0) is 17.0. The third-order valence-corrected chi connectivity index (χ3v) is 4.51. The highest BCUT2D eigenvalue weighted by Gasteiger charge is 2.13. The van der Waals surface area contributed by atoms with E-state index in [2.05, 4.69) is 16.6 Å². The average molecular weight is 330 g/mol. The molecule has 0 aliphatic heterocycles. The van der Waals surface area contributed by atoms with Gasteiger partial charge in [0.1, 0.15) is 0 Å². The van der Waals surface area contributed by atoms with Gasteiger partial charge in [0.2, 0.25) is 0 Å². The maximum atomic E-state index is 12.3. The van der Waals surface area contributed by atoms with Crippen LogP contribution >= 0.6 is 0 Å². The predicted octanol–water partition coefficient (Wildman–Crippen LogP) is 3.31. The summed E-state index contributed by atoms with van der Waals surface area (Å²) in [5.41, 5.74) is 2.37. The molecule has 23 heavy (non-hydrogen) atoms. The van der Waals surface area contributed by atoms with Crippen molar-refractivity contribution in [2.45, 2.75) is 18.7 Å². The minimum absolute atomic E-state index is 0.197. The molecule has 0 heterocycles. The van der Waals surface area contributed by atoms with Crippen molar-refractivity contribution < 1.29 is 13.2 Å². The number of sulfonamides is 1. The lowest BCUT2D eigenvalue weighted by Gasteiger charge is -2.10. The predicted molar refractivity (Wildman–Crippen MR) is 91.9 cm³/mol. The van der Waals surface area contributed by atoms with Crippen LogP contribution in [0.3, 0.4) is 0 Å². The fraction of sp³-hybridized carbons (Fsp3) is 0.118. The highest BCUT2D eigenvalue weighted by molar-refractivity contribution is 7.92. The third kappa shape index (κ3) is 4.43. The summed E-state index contributed by atoms with van der Waals surface area (Å²) in [4.78, 5) is 11.7. The molecule has 2 aromatic rings. The number of hydrogen-bond acceptors (Lipinski definition) is 3. The first-order valence-electron chi connectivity index (χ1n) is 6.94. The second-order valence-electron chi connectivity index (χ2n) is 5.23. The highest BCUT2D eigenvalue weighted by Crippen LogP contribution is 2.19. The molecular weight excluding hydrogens is 312 g/mol. The Balaban J connectivity index is 2.12. The molecule has 5 nitrogen and oxygen atoms in total. The van der Waals surface area contributed by atoms with Gasteiger partial charge in [-0.05, 0) is 50.2 Å². The topological polar surface area (TPSA) is 75.3 Å². The van der Waals surface area contributed by atoms with E-state index < -0.39 is 10.0 Å². The lowest BCUT2D eigenvalue weighted by Crippen LogP contribution is -2.13. The second kappa shape index (κ2) is 6.66. The van der Waals surface area contributed by atoms with Gasteiger partial charge in [0.25, 0.3) is 15.9 Å². The van der Waals surface area contributed by atoms with Gasteiger partial charge < -0.3 is 5.32 Å². The van der Waals surface area contributed by atoms with Crippen molar-refractivity contribution in [1.82, 2.24) is 0 Å². The molecule has 0 aliphatic rings. The van der Waals surface area contributed by atoms with Crippen LogP contribution in [0.25, 0.3) is 0 Å². The molecule has 0 radical (unpaired) electrons. The summed E-state index contributed by atoms with van der Waals surface area (Å²) >= 11 is 0. The maximum absolute atomic E-state index is 12.3. The number of nitrogens with one attached hydrogen (secondary N) is 2. The van der Waals surface area contributed by atoms with E-state index in [1.807, 2.05) is 6.92 Å². The molecule has 2 aromatic carbocycles. The molecule has 0 bridgehead atoms. The molecule has 0 atom stereocenters. The molecular formula is C17H18N2O3S. The molecule has 0 saturated carbocycles. The van der Waals surface area contributed by atoms with Crippen molar-refractivity contribution >= 4 is 27.3 Å². The number of carbonyl (C=O) groups is 1. The van der Waals surface area contributed by atoms with Gasteiger partial charge in [-0.1, -0.05) is 24.3 Å². The van der Waals surface area contributed by atoms with Crippen LogP contribution in [0, 0.1) is 6.92 Å². The molecule has 6 heteroatoms. The van der Waals surface area contributed by atoms with Crippen molar-refractivity contribution in [2.24, 2.45) is 0 Å². The fourth-order valence-corrected chi connectivity index (χ4v) is 2.85. The number of amides is 1. The lowest BCUT2D eigenvalue weighted by atomic mass is 10.2. The smallest absolute Gasteiger partial charge is 0.261 e. The SMILES string of the molecule is C=C(C)C(=O)Nc1ccc(NS(=O)(=O)c2ccc(C)cc2)cc1. The number of rotatable bonds is 5. The first-order chi connectivity index (χ1) is 10.8. The van der Waals surface area contributed by atoms with Crippen LogP contribution in [0.1, 0.15) is 12.5 Å². The molecule has 0 aliphatic carbocycles. The van der Waals surface area contributed by atoms with Crippen molar-refractivity contribution in [2.75, 3.05) is 10.0 Å². The van der Waals surface area contributed by atoms with Gasteiger partial charge in [0.05, 0.1) is 4.90 Å². The van der Waals surface area contributed by atoms with E-state index in [-0.39, 0.29) is 10.8 Å². The molecule has 1 amide bonds. The Kier molecular flexibility index (Phi) is 4.86. The number of hydrogen-bond donors (Lipinski definition) is 2. The Morgan fingerprint density at radius 1 is 0.957 bits per heavy atom. The van der Waals surface area contributed by atoms with Crippen LogP contribution in [0.15, 0.2) is 65.6 Å². The molecule has 120 valence electrons. The van der Waals surface area contributed by atoms with Gasteiger partial charge in [-0.15, -0.1) is 0 Å². The molecule has 0 unspecified atom stereocenters. The molecule has 0 saturated heterocycles. The Morgan fingerprint density at radius 3 is 2.00 bits per heavy atom. The number of benzene rings is 2.